The van der Waals surface area contributed by atoms with Crippen LogP contribution in [0.1, 0.15) is 25.0 Å². The molecular weight excluding hydrogens is 327 g/mol. The van der Waals surface area contributed by atoms with Crippen molar-refractivity contribution in [2.24, 2.45) is 0 Å². The van der Waals surface area contributed by atoms with Gasteiger partial charge in [-0.2, -0.15) is 0 Å². The van der Waals surface area contributed by atoms with E-state index in [1.54, 1.807) is 56.5 Å². The van der Waals surface area contributed by atoms with E-state index >= 15 is 0 Å². The predicted molar refractivity (Wildman–Crippen MR) is 92.2 cm³/mol. The van der Waals surface area contributed by atoms with Crippen LogP contribution < -0.4 is 0 Å². The number of Topliss-reactive ketones (excluding diaryl/α,β-unsaturated/α-hetero) is 1. The van der Waals surface area contributed by atoms with Gasteiger partial charge in [-0.3, -0.25) is 4.79 Å². The van der Waals surface area contributed by atoms with Crippen LogP contribution in [0.3, 0.4) is 0 Å². The second-order valence-corrected chi connectivity index (χ2v) is 7.51. The van der Waals surface area contributed by atoms with Crippen molar-refractivity contribution in [3.8, 4) is 0 Å². The number of halogens is 1. The van der Waals surface area contributed by atoms with Crippen LogP contribution in [-0.2, 0) is 20.7 Å². The van der Waals surface area contributed by atoms with E-state index in [4.69, 9.17) is 4.74 Å². The van der Waals surface area contributed by atoms with Gasteiger partial charge >= 0.3 is 0 Å². The minimum absolute atomic E-state index is 0.189. The molecule has 124 valence electrons. The molecule has 2 aromatic carbocycles. The zero-order valence-electron chi connectivity index (χ0n) is 13.6. The zero-order valence-corrected chi connectivity index (χ0v) is 14.4. The number of benzene rings is 2. The molecule has 0 saturated carbocycles. The van der Waals surface area contributed by atoms with E-state index in [0.717, 1.165) is 0 Å². The fourth-order valence-electron chi connectivity index (χ4n) is 2.66. The molecule has 1 heterocycles. The molecule has 24 heavy (non-hydrogen) atoms. The van der Waals surface area contributed by atoms with Crippen LogP contribution in [0.15, 0.2) is 53.4 Å². The SMILES string of the molecule is C[S+]([O-])c1ccc(C2=C(c3cccc(F)c3)C(=O)C(C)(C)O2)cc1. The maximum Gasteiger partial charge on any atom is 0.210 e. The lowest BCUT2D eigenvalue weighted by Crippen LogP contribution is -2.29. The van der Waals surface area contributed by atoms with E-state index in [0.29, 0.717) is 27.4 Å². The Kier molecular flexibility index (Phi) is 4.24. The first-order chi connectivity index (χ1) is 11.3. The van der Waals surface area contributed by atoms with Gasteiger partial charge in [-0.25, -0.2) is 4.39 Å². The van der Waals surface area contributed by atoms with Crippen LogP contribution in [0.4, 0.5) is 4.39 Å². The van der Waals surface area contributed by atoms with Gasteiger partial charge in [0.15, 0.2) is 10.5 Å². The lowest BCUT2D eigenvalue weighted by atomic mass is 9.92. The molecule has 0 fully saturated rings. The van der Waals surface area contributed by atoms with Crippen molar-refractivity contribution in [3.05, 3.63) is 65.5 Å². The van der Waals surface area contributed by atoms with Gasteiger partial charge < -0.3 is 9.29 Å². The van der Waals surface area contributed by atoms with E-state index in [2.05, 4.69) is 0 Å². The molecular formula is C19H17FO3S. The van der Waals surface area contributed by atoms with Gasteiger partial charge in [-0.1, -0.05) is 12.1 Å². The molecule has 1 atom stereocenters. The topological polar surface area (TPSA) is 49.4 Å². The average Bonchev–Trinajstić information content (AvgIpc) is 2.78. The first-order valence-corrected chi connectivity index (χ1v) is 9.03. The first-order valence-electron chi connectivity index (χ1n) is 7.47. The molecule has 0 aromatic heterocycles. The Hall–Kier alpha value is -2.11. The average molecular weight is 344 g/mol. The standard InChI is InChI=1S/C19H17FO3S/c1-19(2)18(21)16(13-5-4-6-14(20)11-13)17(23-19)12-7-9-15(10-8-12)24(3)22/h4-11H,1-3H3. The molecule has 0 spiro atoms. The van der Waals surface area contributed by atoms with E-state index < -0.39 is 22.6 Å². The number of rotatable bonds is 3. The second-order valence-electron chi connectivity index (χ2n) is 6.13. The highest BCUT2D eigenvalue weighted by molar-refractivity contribution is 7.90. The first kappa shape index (κ1) is 16.7. The largest absolute Gasteiger partial charge is 0.612 e. The third kappa shape index (κ3) is 2.97. The lowest BCUT2D eigenvalue weighted by Gasteiger charge is -2.18. The van der Waals surface area contributed by atoms with Crippen molar-refractivity contribution in [1.29, 1.82) is 0 Å². The van der Waals surface area contributed by atoms with Crippen LogP contribution in [-0.4, -0.2) is 22.2 Å². The summed E-state index contributed by atoms with van der Waals surface area (Å²) in [5.74, 6) is -0.177. The Balaban J connectivity index is 2.14. The zero-order chi connectivity index (χ0) is 17.5. The number of hydrogen-bond donors (Lipinski definition) is 0. The Morgan fingerprint density at radius 2 is 1.75 bits per heavy atom. The number of hydrogen-bond acceptors (Lipinski definition) is 3. The summed E-state index contributed by atoms with van der Waals surface area (Å²) in [6, 6.07) is 12.9. The molecule has 1 aliphatic rings. The van der Waals surface area contributed by atoms with E-state index in [-0.39, 0.29) is 5.78 Å². The summed E-state index contributed by atoms with van der Waals surface area (Å²) < 4.78 is 31.0. The molecule has 0 aliphatic carbocycles. The second kappa shape index (κ2) is 6.07. The maximum absolute atomic E-state index is 13.6. The van der Waals surface area contributed by atoms with Crippen LogP contribution in [0.2, 0.25) is 0 Å². The summed E-state index contributed by atoms with van der Waals surface area (Å²) in [5, 5.41) is 0. The highest BCUT2D eigenvalue weighted by Gasteiger charge is 2.42. The highest BCUT2D eigenvalue weighted by Crippen LogP contribution is 2.41. The van der Waals surface area contributed by atoms with Crippen LogP contribution in [0.25, 0.3) is 11.3 Å². The number of ether oxygens (including phenoxy) is 1. The normalized spacial score (nSPS) is 17.8. The summed E-state index contributed by atoms with van der Waals surface area (Å²) >= 11 is -1.08. The Bertz CT molecular complexity index is 823. The molecule has 3 rings (SSSR count). The smallest absolute Gasteiger partial charge is 0.210 e. The molecule has 2 aromatic rings. The fraction of sp³-hybridized carbons (Fsp3) is 0.211. The quantitative estimate of drug-likeness (QED) is 0.796. The molecule has 0 N–H and O–H groups in total. The monoisotopic (exact) mass is 344 g/mol. The van der Waals surface area contributed by atoms with Gasteiger partial charge in [0.1, 0.15) is 17.8 Å². The third-order valence-corrected chi connectivity index (χ3v) is 4.86. The molecule has 0 radical (unpaired) electrons. The van der Waals surface area contributed by atoms with Gasteiger partial charge in [0.2, 0.25) is 5.78 Å². The minimum Gasteiger partial charge on any atom is -0.612 e. The maximum atomic E-state index is 13.6. The van der Waals surface area contributed by atoms with Crippen molar-refractivity contribution in [2.45, 2.75) is 24.3 Å². The van der Waals surface area contributed by atoms with Crippen molar-refractivity contribution >= 4 is 28.3 Å². The number of carbonyl (C=O) groups excluding carboxylic acids is 1. The van der Waals surface area contributed by atoms with Gasteiger partial charge in [0.25, 0.3) is 0 Å². The fourth-order valence-corrected chi connectivity index (χ4v) is 3.18. The van der Waals surface area contributed by atoms with Gasteiger partial charge in [0.05, 0.1) is 5.57 Å². The van der Waals surface area contributed by atoms with E-state index in [1.807, 2.05) is 0 Å². The van der Waals surface area contributed by atoms with Crippen molar-refractivity contribution in [3.63, 3.8) is 0 Å². The molecule has 0 bridgehead atoms. The third-order valence-electron chi connectivity index (χ3n) is 3.92. The molecule has 1 aliphatic heterocycles. The van der Waals surface area contributed by atoms with E-state index in [1.165, 1.54) is 12.1 Å². The molecule has 1 unspecified atom stereocenters. The molecule has 0 saturated heterocycles. The highest BCUT2D eigenvalue weighted by atomic mass is 32.2. The summed E-state index contributed by atoms with van der Waals surface area (Å²) in [5.41, 5.74) is 0.541. The Morgan fingerprint density at radius 3 is 2.33 bits per heavy atom. The van der Waals surface area contributed by atoms with Gasteiger partial charge in [-0.15, -0.1) is 0 Å². The van der Waals surface area contributed by atoms with Crippen LogP contribution >= 0.6 is 0 Å². The Morgan fingerprint density at radius 1 is 1.08 bits per heavy atom. The minimum atomic E-state index is -1.08. The summed E-state index contributed by atoms with van der Waals surface area (Å²) in [7, 11) is 0. The van der Waals surface area contributed by atoms with Gasteiger partial charge in [0, 0.05) is 5.56 Å². The summed E-state index contributed by atoms with van der Waals surface area (Å²) in [4.78, 5) is 13.4. The number of ketones is 1. The van der Waals surface area contributed by atoms with E-state index in [9.17, 15) is 13.7 Å². The van der Waals surface area contributed by atoms with Crippen LogP contribution in [0, 0.1) is 5.82 Å². The van der Waals surface area contributed by atoms with Crippen molar-refractivity contribution in [2.75, 3.05) is 6.26 Å². The molecule has 5 heteroatoms. The molecule has 3 nitrogen and oxygen atoms in total. The lowest BCUT2D eigenvalue weighted by molar-refractivity contribution is -0.125. The van der Waals surface area contributed by atoms with Crippen LogP contribution in [0.5, 0.6) is 0 Å². The van der Waals surface area contributed by atoms with Crippen molar-refractivity contribution in [1.82, 2.24) is 0 Å². The molecule has 0 amide bonds. The summed E-state index contributed by atoms with van der Waals surface area (Å²) in [6.07, 6.45) is 1.60. The van der Waals surface area contributed by atoms with Gasteiger partial charge in [-0.05, 0) is 67.0 Å². The Labute approximate surface area is 143 Å². The predicted octanol–water partition coefficient (Wildman–Crippen LogP) is 3.81. The number of carbonyl (C=O) groups is 1. The summed E-state index contributed by atoms with van der Waals surface area (Å²) in [6.45, 7) is 3.38. The van der Waals surface area contributed by atoms with Crippen molar-refractivity contribution < 1.29 is 18.5 Å².